The molecule has 0 amide bonds. The van der Waals surface area contributed by atoms with Gasteiger partial charge in [-0.3, -0.25) is 0 Å². The van der Waals surface area contributed by atoms with Crippen LogP contribution in [0.2, 0.25) is 0 Å². The molecule has 6 nitrogen and oxygen atoms in total. The number of hydrogen-bond donors (Lipinski definition) is 1. The number of pyridine rings is 1. The first-order valence-electron chi connectivity index (χ1n) is 6.87. The fourth-order valence-corrected chi connectivity index (χ4v) is 4.94. The standard InChI is InChI=1S/C13H19N3O3S.ClH/c1-19-13-5-4-12(9-15-13)20(17,18)16-10-2-3-11(16)8-14-7-6-10;/h4-5,9-11,14H,2-3,6-8H2,1H3;1H. The van der Waals surface area contributed by atoms with E-state index in [9.17, 15) is 8.42 Å². The smallest absolute Gasteiger partial charge is 0.245 e. The van der Waals surface area contributed by atoms with Crippen molar-refractivity contribution in [2.24, 2.45) is 0 Å². The van der Waals surface area contributed by atoms with Crippen molar-refractivity contribution < 1.29 is 13.2 Å². The summed E-state index contributed by atoms with van der Waals surface area (Å²) in [6.07, 6.45) is 4.14. The van der Waals surface area contributed by atoms with Crippen LogP contribution < -0.4 is 10.1 Å². The maximum Gasteiger partial charge on any atom is 0.245 e. The molecule has 0 saturated carbocycles. The largest absolute Gasteiger partial charge is 0.481 e. The zero-order valence-corrected chi connectivity index (χ0v) is 13.5. The van der Waals surface area contributed by atoms with Gasteiger partial charge in [-0.15, -0.1) is 12.4 Å². The topological polar surface area (TPSA) is 71.5 Å². The van der Waals surface area contributed by atoms with Gasteiger partial charge in [0.1, 0.15) is 4.90 Å². The van der Waals surface area contributed by atoms with E-state index in [4.69, 9.17) is 4.74 Å². The lowest BCUT2D eigenvalue weighted by molar-refractivity contribution is 0.334. The minimum atomic E-state index is -3.47. The van der Waals surface area contributed by atoms with Gasteiger partial charge in [0, 0.05) is 24.7 Å². The van der Waals surface area contributed by atoms with Crippen LogP contribution >= 0.6 is 12.4 Å². The molecule has 0 aliphatic carbocycles. The first-order valence-corrected chi connectivity index (χ1v) is 8.31. The summed E-state index contributed by atoms with van der Waals surface area (Å²) in [7, 11) is -1.96. The van der Waals surface area contributed by atoms with Crippen LogP contribution in [-0.2, 0) is 10.0 Å². The molecule has 0 radical (unpaired) electrons. The van der Waals surface area contributed by atoms with E-state index in [2.05, 4.69) is 10.3 Å². The van der Waals surface area contributed by atoms with Crippen molar-refractivity contribution >= 4 is 22.4 Å². The Morgan fingerprint density at radius 1 is 1.29 bits per heavy atom. The van der Waals surface area contributed by atoms with E-state index < -0.39 is 10.0 Å². The van der Waals surface area contributed by atoms with Crippen LogP contribution in [0.25, 0.3) is 0 Å². The highest BCUT2D eigenvalue weighted by molar-refractivity contribution is 7.89. The number of nitrogens with one attached hydrogen (secondary N) is 1. The van der Waals surface area contributed by atoms with E-state index in [0.29, 0.717) is 5.88 Å². The minimum Gasteiger partial charge on any atom is -0.481 e. The van der Waals surface area contributed by atoms with Gasteiger partial charge < -0.3 is 10.1 Å². The molecule has 2 saturated heterocycles. The Bertz CT molecular complexity index is 565. The zero-order chi connectivity index (χ0) is 14.2. The van der Waals surface area contributed by atoms with E-state index >= 15 is 0 Å². The van der Waals surface area contributed by atoms with Crippen molar-refractivity contribution in [3.63, 3.8) is 0 Å². The SMILES string of the molecule is COc1ccc(S(=O)(=O)N2C3CCNCC2CC3)cn1.Cl. The van der Waals surface area contributed by atoms with Gasteiger partial charge in [0.15, 0.2) is 0 Å². The molecule has 118 valence electrons. The molecular weight excluding hydrogens is 314 g/mol. The van der Waals surface area contributed by atoms with E-state index in [-0.39, 0.29) is 29.4 Å². The van der Waals surface area contributed by atoms with Crippen molar-refractivity contribution in [2.75, 3.05) is 20.2 Å². The Hall–Kier alpha value is -0.890. The average molecular weight is 334 g/mol. The third-order valence-electron chi connectivity index (χ3n) is 4.08. The van der Waals surface area contributed by atoms with Gasteiger partial charge in [-0.2, -0.15) is 4.31 Å². The third-order valence-corrected chi connectivity index (χ3v) is 6.07. The minimum absolute atomic E-state index is 0. The van der Waals surface area contributed by atoms with Crippen LogP contribution in [0.4, 0.5) is 0 Å². The predicted octanol–water partition coefficient (Wildman–Crippen LogP) is 1.03. The summed E-state index contributed by atoms with van der Waals surface area (Å²) in [6, 6.07) is 3.33. The molecule has 2 unspecified atom stereocenters. The highest BCUT2D eigenvalue weighted by Crippen LogP contribution is 2.33. The lowest BCUT2D eigenvalue weighted by Gasteiger charge is -2.26. The van der Waals surface area contributed by atoms with Crippen molar-refractivity contribution in [3.05, 3.63) is 18.3 Å². The molecule has 3 rings (SSSR count). The number of rotatable bonds is 3. The molecule has 1 aromatic heterocycles. The van der Waals surface area contributed by atoms with Gasteiger partial charge in [-0.25, -0.2) is 13.4 Å². The first-order chi connectivity index (χ1) is 9.63. The molecule has 2 atom stereocenters. The quantitative estimate of drug-likeness (QED) is 0.894. The van der Waals surface area contributed by atoms with Crippen molar-refractivity contribution in [3.8, 4) is 5.88 Å². The van der Waals surface area contributed by atoms with E-state index in [1.807, 2.05) is 0 Å². The van der Waals surface area contributed by atoms with Crippen LogP contribution in [0.5, 0.6) is 5.88 Å². The number of ether oxygens (including phenoxy) is 1. The van der Waals surface area contributed by atoms with E-state index in [0.717, 1.165) is 32.4 Å². The van der Waals surface area contributed by atoms with Gasteiger partial charge >= 0.3 is 0 Å². The average Bonchev–Trinajstić information content (AvgIpc) is 2.73. The molecule has 2 aliphatic rings. The summed E-state index contributed by atoms with van der Waals surface area (Å²) >= 11 is 0. The highest BCUT2D eigenvalue weighted by Gasteiger charge is 2.43. The van der Waals surface area contributed by atoms with Crippen molar-refractivity contribution in [2.45, 2.75) is 36.2 Å². The van der Waals surface area contributed by atoms with Crippen LogP contribution in [0.1, 0.15) is 19.3 Å². The molecule has 2 bridgehead atoms. The fourth-order valence-electron chi connectivity index (χ4n) is 3.09. The second-order valence-electron chi connectivity index (χ2n) is 5.25. The summed E-state index contributed by atoms with van der Waals surface area (Å²) in [5, 5.41) is 3.31. The van der Waals surface area contributed by atoms with E-state index in [1.165, 1.54) is 13.3 Å². The second-order valence-corrected chi connectivity index (χ2v) is 7.09. The summed E-state index contributed by atoms with van der Waals surface area (Å²) < 4.78 is 32.3. The van der Waals surface area contributed by atoms with Gasteiger partial charge in [0.2, 0.25) is 15.9 Å². The number of fused-ring (bicyclic) bond motifs is 2. The predicted molar refractivity (Wildman–Crippen MR) is 81.4 cm³/mol. The number of nitrogens with zero attached hydrogens (tertiary/aromatic N) is 2. The molecule has 21 heavy (non-hydrogen) atoms. The number of sulfonamides is 1. The van der Waals surface area contributed by atoms with Gasteiger partial charge in [-0.05, 0) is 31.9 Å². The lowest BCUT2D eigenvalue weighted by Crippen LogP contribution is -2.42. The Kier molecular flexibility index (Phi) is 5.08. The van der Waals surface area contributed by atoms with Gasteiger partial charge in [-0.1, -0.05) is 0 Å². The molecule has 0 aromatic carbocycles. The Morgan fingerprint density at radius 3 is 2.71 bits per heavy atom. The number of aromatic nitrogens is 1. The van der Waals surface area contributed by atoms with Crippen LogP contribution in [0.3, 0.4) is 0 Å². The summed E-state index contributed by atoms with van der Waals surface area (Å²) in [5.74, 6) is 0.421. The normalized spacial score (nSPS) is 26.0. The number of methoxy groups -OCH3 is 1. The van der Waals surface area contributed by atoms with Gasteiger partial charge in [0.05, 0.1) is 13.3 Å². The molecule has 1 aromatic rings. The molecule has 1 N–H and O–H groups in total. The van der Waals surface area contributed by atoms with Crippen molar-refractivity contribution in [1.82, 2.24) is 14.6 Å². The Balaban J connectivity index is 0.00000161. The molecular formula is C13H20ClN3O3S. The summed E-state index contributed by atoms with van der Waals surface area (Å²) in [5.41, 5.74) is 0. The Morgan fingerprint density at radius 2 is 2.05 bits per heavy atom. The molecule has 8 heteroatoms. The maximum atomic E-state index is 12.8. The Labute approximate surface area is 131 Å². The fraction of sp³-hybridized carbons (Fsp3) is 0.615. The van der Waals surface area contributed by atoms with Crippen LogP contribution in [0, 0.1) is 0 Å². The van der Waals surface area contributed by atoms with Crippen molar-refractivity contribution in [1.29, 1.82) is 0 Å². The molecule has 3 heterocycles. The zero-order valence-electron chi connectivity index (χ0n) is 11.9. The molecule has 2 fully saturated rings. The third kappa shape index (κ3) is 3.01. The lowest BCUT2D eigenvalue weighted by atomic mass is 10.1. The van der Waals surface area contributed by atoms with E-state index in [1.54, 1.807) is 16.4 Å². The number of hydrogen-bond acceptors (Lipinski definition) is 5. The summed E-state index contributed by atoms with van der Waals surface area (Å²) in [6.45, 7) is 1.62. The molecule has 2 aliphatic heterocycles. The monoisotopic (exact) mass is 333 g/mol. The van der Waals surface area contributed by atoms with Gasteiger partial charge in [0.25, 0.3) is 0 Å². The maximum absolute atomic E-state index is 12.8. The highest BCUT2D eigenvalue weighted by atomic mass is 35.5. The van der Waals surface area contributed by atoms with Crippen LogP contribution in [0.15, 0.2) is 23.2 Å². The first kappa shape index (κ1) is 16.5. The second kappa shape index (κ2) is 6.48. The summed E-state index contributed by atoms with van der Waals surface area (Å²) in [4.78, 5) is 4.26. The number of halogens is 1. The van der Waals surface area contributed by atoms with Crippen LogP contribution in [-0.4, -0.2) is 50.0 Å². The molecule has 0 spiro atoms.